The Morgan fingerprint density at radius 3 is 2.80 bits per heavy atom. The number of nitro groups is 1. The molecule has 2 aromatic heterocycles. The molecule has 0 aliphatic rings. The summed E-state index contributed by atoms with van der Waals surface area (Å²) in [5, 5.41) is 25.9. The first kappa shape index (κ1) is 19.9. The number of anilines is 1. The van der Waals surface area contributed by atoms with Crippen LogP contribution in [-0.4, -0.2) is 31.1 Å². The quantitative estimate of drug-likeness (QED) is 0.239. The van der Waals surface area contributed by atoms with E-state index in [1.54, 1.807) is 23.0 Å². The average molecular weight is 484 g/mol. The van der Waals surface area contributed by atoms with E-state index < -0.39 is 4.92 Å². The van der Waals surface area contributed by atoms with Crippen LogP contribution in [0.25, 0.3) is 17.1 Å². The minimum absolute atomic E-state index is 0.0235. The number of nitrogens with one attached hydrogen (secondary N) is 1. The van der Waals surface area contributed by atoms with Crippen LogP contribution in [0.1, 0.15) is 11.3 Å². The van der Waals surface area contributed by atoms with E-state index in [0.717, 1.165) is 15.7 Å². The van der Waals surface area contributed by atoms with Crippen LogP contribution in [0.3, 0.4) is 0 Å². The Hall–Kier alpha value is -3.44. The van der Waals surface area contributed by atoms with Gasteiger partial charge in [0, 0.05) is 22.0 Å². The first-order valence-corrected chi connectivity index (χ1v) is 10.4. The van der Waals surface area contributed by atoms with Crippen LogP contribution < -0.4 is 5.43 Å². The van der Waals surface area contributed by atoms with Gasteiger partial charge in [0.25, 0.3) is 5.69 Å². The molecule has 0 aliphatic carbocycles. The number of benzene rings is 2. The number of hydrazone groups is 1. The maximum absolute atomic E-state index is 10.8. The van der Waals surface area contributed by atoms with Crippen LogP contribution in [0.15, 0.2) is 63.5 Å². The Balaban J connectivity index is 1.50. The molecule has 9 nitrogen and oxygen atoms in total. The molecule has 0 amide bonds. The van der Waals surface area contributed by atoms with E-state index in [2.05, 4.69) is 41.8 Å². The molecule has 30 heavy (non-hydrogen) atoms. The van der Waals surface area contributed by atoms with Crippen molar-refractivity contribution in [3.8, 4) is 17.1 Å². The molecule has 0 bridgehead atoms. The van der Waals surface area contributed by atoms with Crippen molar-refractivity contribution in [1.29, 1.82) is 0 Å². The van der Waals surface area contributed by atoms with Gasteiger partial charge in [-0.25, -0.2) is 9.67 Å². The van der Waals surface area contributed by atoms with Crippen molar-refractivity contribution >= 4 is 44.3 Å². The lowest BCUT2D eigenvalue weighted by atomic mass is 10.2. The number of nitrogens with zero attached hydrogens (tertiary/aromatic N) is 6. The number of hydrogen-bond acceptors (Lipinski definition) is 8. The van der Waals surface area contributed by atoms with E-state index in [1.807, 2.05) is 36.6 Å². The van der Waals surface area contributed by atoms with Gasteiger partial charge < -0.3 is 0 Å². The normalized spacial score (nSPS) is 11.1. The minimum Gasteiger partial charge on any atom is -0.258 e. The third-order valence-corrected chi connectivity index (χ3v) is 5.41. The molecule has 11 heteroatoms. The van der Waals surface area contributed by atoms with E-state index in [0.29, 0.717) is 22.2 Å². The summed E-state index contributed by atoms with van der Waals surface area (Å²) in [5.74, 6) is 0. The van der Waals surface area contributed by atoms with Crippen LogP contribution in [-0.2, 0) is 0 Å². The van der Waals surface area contributed by atoms with Gasteiger partial charge in [0.2, 0.25) is 5.13 Å². The zero-order valence-corrected chi connectivity index (χ0v) is 18.0. The molecule has 0 fully saturated rings. The first-order chi connectivity index (χ1) is 14.5. The third kappa shape index (κ3) is 4.26. The van der Waals surface area contributed by atoms with E-state index in [-0.39, 0.29) is 5.69 Å². The molecule has 0 saturated heterocycles. The van der Waals surface area contributed by atoms with E-state index >= 15 is 0 Å². The second-order valence-electron chi connectivity index (χ2n) is 6.17. The van der Waals surface area contributed by atoms with Gasteiger partial charge in [-0.3, -0.25) is 15.5 Å². The second kappa shape index (κ2) is 8.51. The van der Waals surface area contributed by atoms with Gasteiger partial charge in [-0.05, 0) is 36.8 Å². The average Bonchev–Trinajstić information content (AvgIpc) is 3.34. The fourth-order valence-electron chi connectivity index (χ4n) is 2.71. The Labute approximate surface area is 183 Å². The van der Waals surface area contributed by atoms with E-state index in [9.17, 15) is 10.1 Å². The highest BCUT2D eigenvalue weighted by Crippen LogP contribution is 2.27. The molecule has 1 N–H and O–H groups in total. The van der Waals surface area contributed by atoms with Gasteiger partial charge in [-0.1, -0.05) is 33.3 Å². The summed E-state index contributed by atoms with van der Waals surface area (Å²) in [6, 6.07) is 13.9. The molecule has 2 heterocycles. The van der Waals surface area contributed by atoms with Gasteiger partial charge in [0.1, 0.15) is 11.4 Å². The standard InChI is InChI=1S/C19H14BrN7O2S/c1-12-18(23-25-26(12)15-5-7-16(8-6-15)27(28)29)17-11-30-19(22-17)24-21-10-13-3-2-4-14(20)9-13/h2-11H,1H3,(H,22,24)/b21-10+. The molecule has 0 atom stereocenters. The van der Waals surface area contributed by atoms with Gasteiger partial charge in [0.05, 0.1) is 22.5 Å². The predicted octanol–water partition coefficient (Wildman–Crippen LogP) is 4.82. The molecule has 4 aromatic rings. The third-order valence-electron chi connectivity index (χ3n) is 4.17. The van der Waals surface area contributed by atoms with Gasteiger partial charge >= 0.3 is 0 Å². The number of rotatable bonds is 6. The molecule has 0 saturated carbocycles. The van der Waals surface area contributed by atoms with Crippen LogP contribution in [0, 0.1) is 17.0 Å². The van der Waals surface area contributed by atoms with E-state index in [1.165, 1.54) is 23.5 Å². The van der Waals surface area contributed by atoms with Crippen molar-refractivity contribution < 1.29 is 4.92 Å². The highest BCUT2D eigenvalue weighted by molar-refractivity contribution is 9.10. The highest BCUT2D eigenvalue weighted by atomic mass is 79.9. The number of non-ortho nitro benzene ring substituents is 1. The lowest BCUT2D eigenvalue weighted by Crippen LogP contribution is -1.99. The summed E-state index contributed by atoms with van der Waals surface area (Å²) in [4.78, 5) is 14.9. The lowest BCUT2D eigenvalue weighted by molar-refractivity contribution is -0.384. The van der Waals surface area contributed by atoms with Gasteiger partial charge in [0.15, 0.2) is 0 Å². The molecule has 0 radical (unpaired) electrons. The maximum atomic E-state index is 10.8. The number of halogens is 1. The van der Waals surface area contributed by atoms with Crippen molar-refractivity contribution in [2.75, 3.05) is 5.43 Å². The summed E-state index contributed by atoms with van der Waals surface area (Å²) in [6.45, 7) is 1.87. The monoisotopic (exact) mass is 483 g/mol. The molecule has 0 spiro atoms. The fourth-order valence-corrected chi connectivity index (χ4v) is 3.77. The van der Waals surface area contributed by atoms with Crippen molar-refractivity contribution in [2.45, 2.75) is 6.92 Å². The van der Waals surface area contributed by atoms with Crippen molar-refractivity contribution in [2.24, 2.45) is 5.10 Å². The molecular weight excluding hydrogens is 470 g/mol. The SMILES string of the molecule is Cc1c(-c2csc(N/N=C/c3cccc(Br)c3)n2)nnn1-c1ccc([N+](=O)[O-])cc1. The summed E-state index contributed by atoms with van der Waals surface area (Å²) in [7, 11) is 0. The Morgan fingerprint density at radius 1 is 1.27 bits per heavy atom. The number of thiazole rings is 1. The van der Waals surface area contributed by atoms with Crippen molar-refractivity contribution in [3.63, 3.8) is 0 Å². The lowest BCUT2D eigenvalue weighted by Gasteiger charge is -2.02. The maximum Gasteiger partial charge on any atom is 0.269 e. The summed E-state index contributed by atoms with van der Waals surface area (Å²) in [5.41, 5.74) is 6.66. The Bertz CT molecular complexity index is 1230. The highest BCUT2D eigenvalue weighted by Gasteiger charge is 2.16. The zero-order valence-electron chi connectivity index (χ0n) is 15.6. The number of hydrogen-bond donors (Lipinski definition) is 1. The summed E-state index contributed by atoms with van der Waals surface area (Å²) < 4.78 is 2.60. The van der Waals surface area contributed by atoms with Crippen molar-refractivity contribution in [3.05, 3.63) is 79.8 Å². The topological polar surface area (TPSA) is 111 Å². The Kier molecular flexibility index (Phi) is 5.63. The van der Waals surface area contributed by atoms with Crippen molar-refractivity contribution in [1.82, 2.24) is 20.0 Å². The minimum atomic E-state index is -0.438. The molecule has 4 rings (SSSR count). The molecule has 0 aliphatic heterocycles. The Morgan fingerprint density at radius 2 is 2.07 bits per heavy atom. The van der Waals surface area contributed by atoms with E-state index in [4.69, 9.17) is 0 Å². The molecule has 150 valence electrons. The van der Waals surface area contributed by atoms with Crippen LogP contribution in [0.4, 0.5) is 10.8 Å². The van der Waals surface area contributed by atoms with Gasteiger partial charge in [-0.15, -0.1) is 16.4 Å². The van der Waals surface area contributed by atoms with Crippen LogP contribution in [0.5, 0.6) is 0 Å². The summed E-state index contributed by atoms with van der Waals surface area (Å²) >= 11 is 4.83. The largest absolute Gasteiger partial charge is 0.269 e. The molecule has 0 unspecified atom stereocenters. The molecule has 2 aromatic carbocycles. The van der Waals surface area contributed by atoms with Gasteiger partial charge in [-0.2, -0.15) is 5.10 Å². The second-order valence-corrected chi connectivity index (χ2v) is 7.95. The predicted molar refractivity (Wildman–Crippen MR) is 119 cm³/mol. The zero-order chi connectivity index (χ0) is 21.1. The van der Waals surface area contributed by atoms with Crippen LogP contribution in [0.2, 0.25) is 0 Å². The molecular formula is C19H14BrN7O2S. The smallest absolute Gasteiger partial charge is 0.258 e. The summed E-state index contributed by atoms with van der Waals surface area (Å²) in [6.07, 6.45) is 1.71. The van der Waals surface area contributed by atoms with Crippen LogP contribution >= 0.6 is 27.3 Å². The number of aromatic nitrogens is 4. The first-order valence-electron chi connectivity index (χ1n) is 8.69. The fraction of sp³-hybridized carbons (Fsp3) is 0.0526. The number of nitro benzene ring substituents is 1.